The van der Waals surface area contributed by atoms with Gasteiger partial charge < -0.3 is 20.7 Å². The van der Waals surface area contributed by atoms with Crippen LogP contribution in [0.15, 0.2) is 24.5 Å². The fraction of sp³-hybridized carbons (Fsp3) is 0.316. The third-order valence-electron chi connectivity index (χ3n) is 5.51. The van der Waals surface area contributed by atoms with Crippen molar-refractivity contribution >= 4 is 61.2 Å². The van der Waals surface area contributed by atoms with Gasteiger partial charge in [0.15, 0.2) is 16.6 Å². The molecule has 1 aliphatic carbocycles. The van der Waals surface area contributed by atoms with Crippen molar-refractivity contribution < 1.29 is 9.90 Å². The van der Waals surface area contributed by atoms with Crippen LogP contribution in [0.5, 0.6) is 5.75 Å². The number of nitrogen functional groups attached to an aromatic ring is 1. The Morgan fingerprint density at radius 3 is 2.77 bits per heavy atom. The molecule has 11 heteroatoms. The second-order valence-corrected chi connectivity index (χ2v) is 8.71. The van der Waals surface area contributed by atoms with Crippen molar-refractivity contribution in [3.8, 4) is 5.75 Å². The summed E-state index contributed by atoms with van der Waals surface area (Å²) in [5.41, 5.74) is 7.56. The second kappa shape index (κ2) is 7.37. The highest BCUT2D eigenvalue weighted by Gasteiger charge is 2.29. The number of aromatic nitrogens is 5. The van der Waals surface area contributed by atoms with E-state index < -0.39 is 0 Å². The van der Waals surface area contributed by atoms with Gasteiger partial charge in [-0.05, 0) is 49.4 Å². The van der Waals surface area contributed by atoms with E-state index in [1.54, 1.807) is 18.5 Å². The summed E-state index contributed by atoms with van der Waals surface area (Å²) < 4.78 is 2.81. The number of aromatic hydroxyl groups is 1. The minimum absolute atomic E-state index is 0.0444. The van der Waals surface area contributed by atoms with Gasteiger partial charge in [0.05, 0.1) is 11.0 Å². The summed E-state index contributed by atoms with van der Waals surface area (Å²) in [5, 5.41) is 13.4. The summed E-state index contributed by atoms with van der Waals surface area (Å²) in [7, 11) is 0. The number of para-hydroxylation sites is 1. The Kier molecular flexibility index (Phi) is 4.67. The predicted octanol–water partition coefficient (Wildman–Crippen LogP) is 3.75. The van der Waals surface area contributed by atoms with Crippen LogP contribution in [-0.4, -0.2) is 35.5 Å². The van der Waals surface area contributed by atoms with E-state index in [-0.39, 0.29) is 34.7 Å². The topological polar surface area (TPSA) is 132 Å². The number of anilines is 2. The Labute approximate surface area is 179 Å². The molecule has 0 bridgehead atoms. The first-order valence-corrected chi connectivity index (χ1v) is 10.7. The van der Waals surface area contributed by atoms with E-state index >= 15 is 0 Å². The minimum atomic E-state index is -0.0973. The van der Waals surface area contributed by atoms with Crippen LogP contribution in [0.3, 0.4) is 0 Å². The van der Waals surface area contributed by atoms with E-state index in [1.807, 2.05) is 10.6 Å². The summed E-state index contributed by atoms with van der Waals surface area (Å²) in [6.07, 6.45) is 4.81. The lowest BCUT2D eigenvalue weighted by Gasteiger charge is -2.28. The van der Waals surface area contributed by atoms with Gasteiger partial charge in [0, 0.05) is 12.0 Å². The van der Waals surface area contributed by atoms with E-state index in [9.17, 15) is 9.90 Å². The lowest BCUT2D eigenvalue weighted by atomic mass is 9.85. The van der Waals surface area contributed by atoms with Crippen LogP contribution in [0.1, 0.15) is 31.7 Å². The molecule has 3 aromatic heterocycles. The SMILES string of the molecule is Nc1nc(Cl)nc2c1ncn2[C@H]1CC[C@@H](C(=O)Nc2nc3c(O)cccc3s2)CC1. The zero-order valence-electron chi connectivity index (χ0n) is 15.7. The molecule has 0 atom stereocenters. The molecule has 9 nitrogen and oxygen atoms in total. The standard InChI is InChI=1S/C19H18ClN7O2S/c20-18-24-15(21)14-16(25-18)27(8-22-14)10-6-4-9(5-7-10)17(29)26-19-23-13-11(28)2-1-3-12(13)30-19/h1-3,8-10,28H,4-7H2,(H2,21,24,25)(H,23,26,29)/t9-,10+. The lowest BCUT2D eigenvalue weighted by molar-refractivity contribution is -0.120. The number of nitrogens with zero attached hydrogens (tertiary/aromatic N) is 5. The molecule has 1 amide bonds. The molecular formula is C19H18ClN7O2S. The number of benzene rings is 1. The number of imidazole rings is 1. The van der Waals surface area contributed by atoms with Crippen molar-refractivity contribution in [2.24, 2.45) is 5.92 Å². The Bertz CT molecular complexity index is 1260. The molecule has 0 aliphatic heterocycles. The average Bonchev–Trinajstić information content (AvgIpc) is 3.33. The molecule has 0 saturated heterocycles. The lowest BCUT2D eigenvalue weighted by Crippen LogP contribution is -2.28. The van der Waals surface area contributed by atoms with Crippen molar-refractivity contribution in [1.29, 1.82) is 0 Å². The highest BCUT2D eigenvalue weighted by Crippen LogP contribution is 2.36. The number of carbonyl (C=O) groups is 1. The van der Waals surface area contributed by atoms with Crippen molar-refractivity contribution in [3.63, 3.8) is 0 Å². The number of phenolic OH excluding ortho intramolecular Hbond substituents is 1. The Hall–Kier alpha value is -2.98. The summed E-state index contributed by atoms with van der Waals surface area (Å²) in [6.45, 7) is 0. The summed E-state index contributed by atoms with van der Waals surface area (Å²) >= 11 is 7.31. The van der Waals surface area contributed by atoms with Gasteiger partial charge in [-0.3, -0.25) is 4.79 Å². The van der Waals surface area contributed by atoms with Crippen molar-refractivity contribution in [2.75, 3.05) is 11.1 Å². The van der Waals surface area contributed by atoms with Crippen LogP contribution in [0.25, 0.3) is 21.4 Å². The van der Waals surface area contributed by atoms with Crippen LogP contribution in [0, 0.1) is 5.92 Å². The monoisotopic (exact) mass is 443 g/mol. The number of thiazole rings is 1. The summed E-state index contributed by atoms with van der Waals surface area (Å²) in [5.74, 6) is 0.234. The summed E-state index contributed by atoms with van der Waals surface area (Å²) in [6, 6.07) is 5.38. The third-order valence-corrected chi connectivity index (χ3v) is 6.61. The molecular weight excluding hydrogens is 426 g/mol. The molecule has 3 heterocycles. The molecule has 1 aliphatic rings. The molecule has 0 radical (unpaired) electrons. The predicted molar refractivity (Wildman–Crippen MR) is 116 cm³/mol. The molecule has 5 rings (SSSR count). The highest BCUT2D eigenvalue weighted by molar-refractivity contribution is 7.22. The maximum atomic E-state index is 12.7. The van der Waals surface area contributed by atoms with Crippen molar-refractivity contribution in [3.05, 3.63) is 29.8 Å². The van der Waals surface area contributed by atoms with Gasteiger partial charge >= 0.3 is 0 Å². The summed E-state index contributed by atoms with van der Waals surface area (Å²) in [4.78, 5) is 29.6. The number of nitrogens with one attached hydrogen (secondary N) is 1. The number of hydrogen-bond donors (Lipinski definition) is 3. The van der Waals surface area contributed by atoms with Gasteiger partial charge in [-0.25, -0.2) is 9.97 Å². The van der Waals surface area contributed by atoms with Gasteiger partial charge in [0.1, 0.15) is 16.8 Å². The number of carbonyl (C=O) groups excluding carboxylic acids is 1. The van der Waals surface area contributed by atoms with Gasteiger partial charge in [0.25, 0.3) is 0 Å². The fourth-order valence-corrected chi connectivity index (χ4v) is 5.05. The van der Waals surface area contributed by atoms with E-state index in [0.29, 0.717) is 21.8 Å². The maximum Gasteiger partial charge on any atom is 0.229 e. The van der Waals surface area contributed by atoms with Gasteiger partial charge in [-0.2, -0.15) is 9.97 Å². The number of amides is 1. The smallest absolute Gasteiger partial charge is 0.229 e. The number of hydrogen-bond acceptors (Lipinski definition) is 8. The molecule has 1 fully saturated rings. The molecule has 30 heavy (non-hydrogen) atoms. The van der Waals surface area contributed by atoms with Gasteiger partial charge in [-0.15, -0.1) is 0 Å². The molecule has 1 aromatic carbocycles. The van der Waals surface area contributed by atoms with Crippen LogP contribution in [0.4, 0.5) is 10.9 Å². The minimum Gasteiger partial charge on any atom is -0.506 e. The molecule has 1 saturated carbocycles. The molecule has 4 N–H and O–H groups in total. The van der Waals surface area contributed by atoms with Crippen LogP contribution in [0.2, 0.25) is 5.28 Å². The number of fused-ring (bicyclic) bond motifs is 2. The first kappa shape index (κ1) is 19.0. The normalized spacial score (nSPS) is 19.4. The largest absolute Gasteiger partial charge is 0.506 e. The maximum absolute atomic E-state index is 12.7. The first-order chi connectivity index (χ1) is 14.5. The zero-order valence-corrected chi connectivity index (χ0v) is 17.3. The third kappa shape index (κ3) is 3.31. The average molecular weight is 444 g/mol. The molecule has 0 unspecified atom stereocenters. The van der Waals surface area contributed by atoms with Crippen LogP contribution < -0.4 is 11.1 Å². The van der Waals surface area contributed by atoms with Crippen LogP contribution in [-0.2, 0) is 4.79 Å². The van der Waals surface area contributed by atoms with Crippen LogP contribution >= 0.6 is 22.9 Å². The Morgan fingerprint density at radius 2 is 2.00 bits per heavy atom. The van der Waals surface area contributed by atoms with E-state index in [4.69, 9.17) is 17.3 Å². The first-order valence-electron chi connectivity index (χ1n) is 9.54. The van der Waals surface area contributed by atoms with Crippen molar-refractivity contribution in [1.82, 2.24) is 24.5 Å². The quantitative estimate of drug-likeness (QED) is 0.411. The number of rotatable bonds is 3. The van der Waals surface area contributed by atoms with Gasteiger partial charge in [-0.1, -0.05) is 17.4 Å². The fourth-order valence-electron chi connectivity index (χ4n) is 3.99. The van der Waals surface area contributed by atoms with E-state index in [1.165, 1.54) is 11.3 Å². The highest BCUT2D eigenvalue weighted by atomic mass is 35.5. The van der Waals surface area contributed by atoms with E-state index in [2.05, 4.69) is 25.3 Å². The number of halogens is 1. The van der Waals surface area contributed by atoms with Gasteiger partial charge in [0.2, 0.25) is 11.2 Å². The number of phenols is 1. The zero-order chi connectivity index (χ0) is 20.8. The Balaban J connectivity index is 1.27. The Morgan fingerprint density at radius 1 is 1.20 bits per heavy atom. The van der Waals surface area contributed by atoms with Crippen molar-refractivity contribution in [2.45, 2.75) is 31.7 Å². The molecule has 4 aromatic rings. The van der Waals surface area contributed by atoms with E-state index in [0.717, 1.165) is 30.4 Å². The number of nitrogens with two attached hydrogens (primary N) is 1. The second-order valence-electron chi connectivity index (χ2n) is 7.34. The molecule has 154 valence electrons. The molecule has 0 spiro atoms.